The molecule has 0 atom stereocenters. The fraction of sp³-hybridized carbons (Fsp3) is 0.0556. The summed E-state index contributed by atoms with van der Waals surface area (Å²) in [5.74, 6) is 0. The summed E-state index contributed by atoms with van der Waals surface area (Å²) in [6.45, 7) is 4.18. The first kappa shape index (κ1) is 27.9. The fourth-order valence-corrected chi connectivity index (χ4v) is 4.41. The van der Waals surface area contributed by atoms with Gasteiger partial charge in [-0.3, -0.25) is 0 Å². The fourth-order valence-electron chi connectivity index (χ4n) is 4.41. The van der Waals surface area contributed by atoms with Crippen LogP contribution in [-0.4, -0.2) is 9.97 Å². The van der Waals surface area contributed by atoms with Crippen LogP contribution in [0.25, 0.3) is 44.8 Å². The Kier molecular flexibility index (Phi) is 9.73. The molecule has 39 heavy (non-hydrogen) atoms. The van der Waals surface area contributed by atoms with E-state index in [1.165, 1.54) is 27.8 Å². The van der Waals surface area contributed by atoms with Gasteiger partial charge in [-0.2, -0.15) is 0 Å². The van der Waals surface area contributed by atoms with E-state index in [2.05, 4.69) is 96.6 Å². The zero-order valence-corrected chi connectivity index (χ0v) is 24.2. The van der Waals surface area contributed by atoms with E-state index in [1.807, 2.05) is 73.1 Å². The van der Waals surface area contributed by atoms with Crippen LogP contribution in [0.5, 0.6) is 0 Å². The smallest absolute Gasteiger partial charge is 0.305 e. The third-order valence-corrected chi connectivity index (χ3v) is 6.38. The molecule has 0 fully saturated rings. The third kappa shape index (κ3) is 6.85. The van der Waals surface area contributed by atoms with E-state index in [-0.39, 0.29) is 21.1 Å². The molecule has 0 aliphatic heterocycles. The van der Waals surface area contributed by atoms with Gasteiger partial charge in [0.15, 0.2) is 0 Å². The summed E-state index contributed by atoms with van der Waals surface area (Å²) in [6.07, 6.45) is 3.69. The molecule has 0 amide bonds. The summed E-state index contributed by atoms with van der Waals surface area (Å²) in [5, 5.41) is 0. The van der Waals surface area contributed by atoms with Crippen LogP contribution in [0.3, 0.4) is 0 Å². The van der Waals surface area contributed by atoms with Crippen molar-refractivity contribution in [1.29, 1.82) is 0 Å². The van der Waals surface area contributed by atoms with Gasteiger partial charge in [-0.1, -0.05) is 86.6 Å². The van der Waals surface area contributed by atoms with Crippen LogP contribution in [0, 0.1) is 26.0 Å². The molecule has 0 unspecified atom stereocenters. The predicted molar refractivity (Wildman–Crippen MR) is 157 cm³/mol. The molecule has 2 heterocycles. The van der Waals surface area contributed by atoms with Crippen molar-refractivity contribution in [2.45, 2.75) is 13.8 Å². The summed E-state index contributed by atoms with van der Waals surface area (Å²) >= 11 is 0. The molecule has 0 aliphatic carbocycles. The number of benzene rings is 4. The van der Waals surface area contributed by atoms with Crippen LogP contribution in [0.15, 0.2) is 134 Å². The van der Waals surface area contributed by atoms with Crippen molar-refractivity contribution in [2.75, 3.05) is 0 Å². The van der Waals surface area contributed by atoms with E-state index in [0.717, 1.165) is 28.1 Å². The Balaban J connectivity index is 0.000000176. The molecule has 0 spiro atoms. The van der Waals surface area contributed by atoms with Crippen molar-refractivity contribution in [1.82, 2.24) is 9.97 Å². The minimum Gasteiger partial charge on any atom is -0.305 e. The van der Waals surface area contributed by atoms with Crippen molar-refractivity contribution in [3.05, 3.63) is 157 Å². The standard InChI is InChI=1S/2C18H14N.Pt/c1-14-8-5-6-11-16(14)18-17(12-7-13-19-18)15-9-3-2-4-10-15;1-14-7-5-6-10-17(14)18-13-16(11-12-19-18)15-8-3-2-4-9-15;/h2-10,12-13H,1H3;2-9,11-13H,1H3;/q2*-1;+2. The van der Waals surface area contributed by atoms with E-state index < -0.39 is 0 Å². The molecular formula is C36H28N2Pt. The normalized spacial score (nSPS) is 10.1. The maximum atomic E-state index is 4.55. The predicted octanol–water partition coefficient (Wildman–Crippen LogP) is 9.05. The second kappa shape index (κ2) is 13.6. The van der Waals surface area contributed by atoms with Crippen molar-refractivity contribution in [3.63, 3.8) is 0 Å². The Hall–Kier alpha value is -4.13. The van der Waals surface area contributed by atoms with Gasteiger partial charge < -0.3 is 9.97 Å². The van der Waals surface area contributed by atoms with Crippen molar-refractivity contribution in [2.24, 2.45) is 0 Å². The number of aryl methyl sites for hydroxylation is 2. The second-order valence-corrected chi connectivity index (χ2v) is 9.02. The van der Waals surface area contributed by atoms with Gasteiger partial charge in [-0.15, -0.1) is 70.8 Å². The molecule has 2 aromatic heterocycles. The minimum absolute atomic E-state index is 0. The summed E-state index contributed by atoms with van der Waals surface area (Å²) in [7, 11) is 0. The van der Waals surface area contributed by atoms with E-state index in [4.69, 9.17) is 0 Å². The average Bonchev–Trinajstić information content (AvgIpc) is 2.99. The molecule has 0 bridgehead atoms. The van der Waals surface area contributed by atoms with Crippen LogP contribution in [0.1, 0.15) is 11.1 Å². The topological polar surface area (TPSA) is 25.8 Å². The number of hydrogen-bond acceptors (Lipinski definition) is 2. The molecule has 6 rings (SSSR count). The molecule has 3 heteroatoms. The van der Waals surface area contributed by atoms with Gasteiger partial charge in [0.05, 0.1) is 0 Å². The van der Waals surface area contributed by atoms with Crippen LogP contribution in [0.2, 0.25) is 0 Å². The Labute approximate surface area is 245 Å². The molecule has 0 aliphatic rings. The number of rotatable bonds is 4. The van der Waals surface area contributed by atoms with Gasteiger partial charge in [-0.25, -0.2) is 0 Å². The van der Waals surface area contributed by atoms with E-state index in [0.29, 0.717) is 0 Å². The Morgan fingerprint density at radius 2 is 1.13 bits per heavy atom. The van der Waals surface area contributed by atoms with Gasteiger partial charge in [-0.05, 0) is 45.8 Å². The summed E-state index contributed by atoms with van der Waals surface area (Å²) in [4.78, 5) is 9.02. The minimum atomic E-state index is 0. The van der Waals surface area contributed by atoms with Crippen LogP contribution < -0.4 is 0 Å². The van der Waals surface area contributed by atoms with Gasteiger partial charge in [0.2, 0.25) is 0 Å². The number of hydrogen-bond donors (Lipinski definition) is 0. The third-order valence-electron chi connectivity index (χ3n) is 6.38. The van der Waals surface area contributed by atoms with Gasteiger partial charge >= 0.3 is 21.1 Å². The zero-order valence-electron chi connectivity index (χ0n) is 21.9. The van der Waals surface area contributed by atoms with Crippen LogP contribution in [-0.2, 0) is 21.1 Å². The van der Waals surface area contributed by atoms with Gasteiger partial charge in [0.25, 0.3) is 0 Å². The average molecular weight is 684 g/mol. The Morgan fingerprint density at radius 3 is 1.77 bits per heavy atom. The van der Waals surface area contributed by atoms with Crippen molar-refractivity contribution in [3.8, 4) is 44.8 Å². The summed E-state index contributed by atoms with van der Waals surface area (Å²) in [6, 6.07) is 47.6. The monoisotopic (exact) mass is 683 g/mol. The molecule has 2 nitrogen and oxygen atoms in total. The molecule has 6 aromatic rings. The molecule has 0 N–H and O–H groups in total. The first-order valence-corrected chi connectivity index (χ1v) is 12.7. The van der Waals surface area contributed by atoms with E-state index >= 15 is 0 Å². The Morgan fingerprint density at radius 1 is 0.513 bits per heavy atom. The largest absolute Gasteiger partial charge is 2.00 e. The number of nitrogens with zero attached hydrogens (tertiary/aromatic N) is 2. The maximum Gasteiger partial charge on any atom is 2.00 e. The SMILES string of the molecule is Cc1ccc[c-]c1-c1cc(-c2ccccc2)ccn1.Cc1ccc[c-]c1-c1ncccc1-c1ccccc1.[Pt+2]. The first-order chi connectivity index (χ1) is 18.7. The number of pyridine rings is 2. The first-order valence-electron chi connectivity index (χ1n) is 12.7. The van der Waals surface area contributed by atoms with Crippen LogP contribution in [0.4, 0.5) is 0 Å². The quantitative estimate of drug-likeness (QED) is 0.173. The summed E-state index contributed by atoms with van der Waals surface area (Å²) in [5.41, 5.74) is 11.2. The second-order valence-electron chi connectivity index (χ2n) is 9.02. The molecule has 0 radical (unpaired) electrons. The zero-order chi connectivity index (χ0) is 26.2. The van der Waals surface area contributed by atoms with E-state index in [9.17, 15) is 0 Å². The van der Waals surface area contributed by atoms with Gasteiger partial charge in [0.1, 0.15) is 0 Å². The van der Waals surface area contributed by atoms with Crippen molar-refractivity contribution < 1.29 is 21.1 Å². The maximum absolute atomic E-state index is 4.55. The molecule has 0 saturated heterocycles. The molecule has 4 aromatic carbocycles. The molecule has 192 valence electrons. The Bertz CT molecular complexity index is 1630. The number of aromatic nitrogens is 2. The van der Waals surface area contributed by atoms with Crippen molar-refractivity contribution >= 4 is 0 Å². The molecule has 0 saturated carbocycles. The van der Waals surface area contributed by atoms with E-state index in [1.54, 1.807) is 0 Å². The van der Waals surface area contributed by atoms with Crippen LogP contribution >= 0.6 is 0 Å². The summed E-state index contributed by atoms with van der Waals surface area (Å²) < 4.78 is 0. The molecular weight excluding hydrogens is 655 g/mol. The van der Waals surface area contributed by atoms with Gasteiger partial charge in [0, 0.05) is 12.4 Å².